The molecular formula is C40H66O33. The molecule has 424 valence electrons. The van der Waals surface area contributed by atoms with Crippen LogP contribution in [0.3, 0.4) is 0 Å². The maximum Gasteiger partial charge on any atom is 0.306 e. The summed E-state index contributed by atoms with van der Waals surface area (Å²) in [5.41, 5.74) is 0. The number of carboxylic acids is 1. The van der Waals surface area contributed by atoms with Gasteiger partial charge in [-0.15, -0.1) is 0 Å². The van der Waals surface area contributed by atoms with E-state index in [0.717, 1.165) is 0 Å². The van der Waals surface area contributed by atoms with Gasteiger partial charge in [-0.05, 0) is 0 Å². The van der Waals surface area contributed by atoms with Crippen LogP contribution in [-0.2, 0) is 66.4 Å². The molecule has 22 saturated heterocycles. The van der Waals surface area contributed by atoms with Gasteiger partial charge in [0, 0.05) is 0 Å². The molecule has 22 aliphatic rings. The van der Waals surface area contributed by atoms with Gasteiger partial charge in [-0.2, -0.15) is 0 Å². The van der Waals surface area contributed by atoms with Crippen molar-refractivity contribution in [2.45, 2.75) is 197 Å². The Labute approximate surface area is 412 Å². The van der Waals surface area contributed by atoms with E-state index in [1.807, 2.05) is 0 Å². The highest BCUT2D eigenvalue weighted by Gasteiger charge is 2.59. The normalized spacial score (nSPS) is 51.6. The summed E-state index contributed by atoms with van der Waals surface area (Å²) in [6, 6.07) is 0. The van der Waals surface area contributed by atoms with Gasteiger partial charge in [0.1, 0.15) is 146 Å². The second-order valence-electron chi connectivity index (χ2n) is 18.4. The molecule has 22 aliphatic heterocycles. The molecule has 0 aliphatic carbocycles. The number of hydrogen-bond acceptors (Lipinski definition) is 32. The number of carboxylic acid groups (broad SMARTS) is 1. The molecule has 1 unspecified atom stereocenters. The summed E-state index contributed by atoms with van der Waals surface area (Å²) in [5, 5.41) is 207. The van der Waals surface area contributed by atoms with Crippen LogP contribution >= 0.6 is 0 Å². The molecule has 22 rings (SSSR count). The molecule has 0 radical (unpaired) electrons. The largest absolute Gasteiger partial charge is 0.481 e. The van der Waals surface area contributed by atoms with Crippen molar-refractivity contribution >= 4 is 5.97 Å². The number of rotatable bonds is 11. The maximum absolute atomic E-state index is 11.8. The van der Waals surface area contributed by atoms with Crippen LogP contribution in [0, 0.1) is 0 Å². The van der Waals surface area contributed by atoms with Gasteiger partial charge in [0.05, 0.1) is 58.8 Å². The number of aliphatic hydroxyl groups is 18. The molecule has 73 heavy (non-hydrogen) atoms. The summed E-state index contributed by atoms with van der Waals surface area (Å²) >= 11 is 0. The van der Waals surface area contributed by atoms with Crippen molar-refractivity contribution in [1.82, 2.24) is 0 Å². The van der Waals surface area contributed by atoms with Gasteiger partial charge < -0.3 is 159 Å². The van der Waals surface area contributed by atoms with Crippen molar-refractivity contribution < 1.29 is 163 Å². The lowest BCUT2D eigenvalue weighted by Gasteiger charge is -2.51. The smallest absolute Gasteiger partial charge is 0.306 e. The van der Waals surface area contributed by atoms with Gasteiger partial charge in [0.15, 0.2) is 37.7 Å². The predicted octanol–water partition coefficient (Wildman–Crippen LogP) is -13.2. The SMILES string of the molecule is O=C(O)CC(CO)O[C@@H]1[C@@H](O)[C@H]2O[C@H]3[C@H](O)[C@@H](O)[C@@H](O[C@H]4[C@H](O)[C@@H](O)[C@@H](O[C@H]5[C@H](O)[C@@H](O)[C@@H](O[C@H]6[C@H](O)[C@@H](O)[C@@H](O[C@H]7[C@H](O)[C@@H](O)[C@@H](O[C@H]1[C@@H](CO)O2)O[C@@H]7CO)O[C@@H]6CO)O[C@@H]5CO)O[C@@H]4CO)O[C@@H]3CO. The third kappa shape index (κ3) is 12.1. The Morgan fingerprint density at radius 1 is 0.329 bits per heavy atom. The van der Waals surface area contributed by atoms with Crippen molar-refractivity contribution in [3.05, 3.63) is 0 Å². The fraction of sp³-hybridized carbons (Fsp3) is 0.975. The molecule has 22 fully saturated rings. The Balaban J connectivity index is 1.23. The lowest BCUT2D eigenvalue weighted by molar-refractivity contribution is -0.405. The zero-order chi connectivity index (χ0) is 53.3. The van der Waals surface area contributed by atoms with Crippen LogP contribution in [0.5, 0.6) is 0 Å². The molecule has 0 aromatic heterocycles. The summed E-state index contributed by atoms with van der Waals surface area (Å²) in [7, 11) is 0. The molecule has 31 atom stereocenters. The number of aliphatic carboxylic acids is 1. The highest BCUT2D eigenvalue weighted by Crippen LogP contribution is 2.39. The van der Waals surface area contributed by atoms with Gasteiger partial charge in [0.25, 0.3) is 0 Å². The van der Waals surface area contributed by atoms with E-state index in [2.05, 4.69) is 0 Å². The summed E-state index contributed by atoms with van der Waals surface area (Å²) in [4.78, 5) is 11.7. The summed E-state index contributed by atoms with van der Waals surface area (Å²) in [6.07, 6.45) is -62.9. The molecule has 12 bridgehead atoms. The third-order valence-electron chi connectivity index (χ3n) is 13.6. The molecule has 0 aromatic carbocycles. The lowest BCUT2D eigenvalue weighted by Crippen LogP contribution is -2.69. The van der Waals surface area contributed by atoms with Crippen LogP contribution in [0.2, 0.25) is 0 Å². The third-order valence-corrected chi connectivity index (χ3v) is 13.6. The van der Waals surface area contributed by atoms with Crippen molar-refractivity contribution in [2.24, 2.45) is 0 Å². The van der Waals surface area contributed by atoms with Crippen LogP contribution in [0.1, 0.15) is 6.42 Å². The molecule has 19 N–H and O–H groups in total. The van der Waals surface area contributed by atoms with Crippen LogP contribution in [-0.4, -0.2) is 340 Å². The van der Waals surface area contributed by atoms with Crippen LogP contribution < -0.4 is 0 Å². The number of hydrogen-bond donors (Lipinski definition) is 19. The Morgan fingerprint density at radius 3 is 0.767 bits per heavy atom. The van der Waals surface area contributed by atoms with Gasteiger partial charge in [-0.25, -0.2) is 0 Å². The second-order valence-corrected chi connectivity index (χ2v) is 18.4. The van der Waals surface area contributed by atoms with Crippen molar-refractivity contribution in [3.63, 3.8) is 0 Å². The molecular weight excluding hydrogens is 1010 g/mol. The maximum atomic E-state index is 11.8. The predicted molar refractivity (Wildman–Crippen MR) is 218 cm³/mol. The average molecular weight is 1070 g/mol. The highest BCUT2D eigenvalue weighted by atomic mass is 16.8. The lowest BCUT2D eigenvalue weighted by atomic mass is 9.94. The molecule has 0 aromatic rings. The van der Waals surface area contributed by atoms with E-state index in [0.29, 0.717) is 0 Å². The molecule has 33 heteroatoms. The summed E-state index contributed by atoms with van der Waals surface area (Å²) < 4.78 is 74.6. The fourth-order valence-corrected chi connectivity index (χ4v) is 9.64. The monoisotopic (exact) mass is 1070 g/mol. The van der Waals surface area contributed by atoms with Crippen molar-refractivity contribution in [2.75, 3.05) is 46.2 Å². The van der Waals surface area contributed by atoms with E-state index in [9.17, 15) is 102 Å². The van der Waals surface area contributed by atoms with Gasteiger partial charge in [0.2, 0.25) is 0 Å². The van der Waals surface area contributed by atoms with E-state index in [1.165, 1.54) is 0 Å². The standard InChI is InChI=1S/C40H66O33/c41-2-9(1-16(48)49)61-34-27(60)40-67-15(8-47)33(34)73-39-26(59)21(54)31(13(6-45)66-39)71-37-24(57)19(52)29(11(4-43)64-37)69-35-22(55)17(50)28(10(3-42)62-35)68-36-23(56)18(51)30(12(5-44)63-36)70-38-25(58)20(53)32(72-40)14(7-46)65-38/h9-15,17-47,50-60H,1-8H2,(H,48,49)/t9?,10-,11-,12-,13-,14-,15-,17-,18-,19-,20-,21-,22-,23-,24-,25-,26-,27-,28-,29-,30-,31-,32-,33+,34-,35-,36-,37-,38-,39-,40-/m1/s1. The average Bonchev–Trinajstić information content (AvgIpc) is 3.37. The first kappa shape index (κ1) is 58.9. The van der Waals surface area contributed by atoms with Crippen LogP contribution in [0.4, 0.5) is 0 Å². The summed E-state index contributed by atoms with van der Waals surface area (Å²) in [6.45, 7) is -7.33. The molecule has 0 amide bonds. The van der Waals surface area contributed by atoms with Crippen LogP contribution in [0.25, 0.3) is 0 Å². The number of ether oxygens (including phenoxy) is 13. The van der Waals surface area contributed by atoms with Gasteiger partial charge >= 0.3 is 5.97 Å². The zero-order valence-electron chi connectivity index (χ0n) is 38.3. The Hall–Kier alpha value is -1.77. The molecule has 22 heterocycles. The Bertz CT molecular complexity index is 1710. The molecule has 0 saturated carbocycles. The summed E-state index contributed by atoms with van der Waals surface area (Å²) in [5.74, 6) is -1.51. The van der Waals surface area contributed by atoms with E-state index in [1.54, 1.807) is 0 Å². The first-order chi connectivity index (χ1) is 34.7. The first-order valence-corrected chi connectivity index (χ1v) is 23.2. The number of carbonyl (C=O) groups is 1. The minimum Gasteiger partial charge on any atom is -0.481 e. The minimum absolute atomic E-state index is 0.911. The second kappa shape index (κ2) is 25.4. The van der Waals surface area contributed by atoms with Crippen molar-refractivity contribution in [1.29, 1.82) is 0 Å². The Kier molecular flexibility index (Phi) is 20.5. The minimum atomic E-state index is -2.25. The zero-order valence-corrected chi connectivity index (χ0v) is 38.3. The molecule has 0 spiro atoms. The highest BCUT2D eigenvalue weighted by molar-refractivity contribution is 5.67. The van der Waals surface area contributed by atoms with Crippen molar-refractivity contribution in [3.8, 4) is 0 Å². The fourth-order valence-electron chi connectivity index (χ4n) is 9.64. The van der Waals surface area contributed by atoms with E-state index in [-0.39, 0.29) is 0 Å². The Morgan fingerprint density at radius 2 is 0.548 bits per heavy atom. The van der Waals surface area contributed by atoms with Gasteiger partial charge in [-0.1, -0.05) is 0 Å². The topological polar surface area (TPSA) is 521 Å². The quantitative estimate of drug-likeness (QED) is 0.0913. The molecule has 33 nitrogen and oxygen atoms in total. The first-order valence-electron chi connectivity index (χ1n) is 23.2. The van der Waals surface area contributed by atoms with E-state index < -0.39 is 249 Å². The van der Waals surface area contributed by atoms with Crippen LogP contribution in [0.15, 0.2) is 0 Å². The van der Waals surface area contributed by atoms with E-state index >= 15 is 0 Å². The van der Waals surface area contributed by atoms with Gasteiger partial charge in [-0.3, -0.25) is 4.79 Å². The van der Waals surface area contributed by atoms with E-state index in [4.69, 9.17) is 61.6 Å². The number of aliphatic hydroxyl groups excluding tert-OH is 18.